The molecule has 1 aliphatic carbocycles. The van der Waals surface area contributed by atoms with E-state index in [-0.39, 0.29) is 22.8 Å². The van der Waals surface area contributed by atoms with Gasteiger partial charge in [0.05, 0.1) is 42.2 Å². The van der Waals surface area contributed by atoms with Gasteiger partial charge < -0.3 is 24.8 Å². The average molecular weight is 487 g/mol. The van der Waals surface area contributed by atoms with E-state index >= 15 is 0 Å². The second-order valence-electron chi connectivity index (χ2n) is 10.5. The Morgan fingerprint density at radius 3 is 2.71 bits per heavy atom. The van der Waals surface area contributed by atoms with Gasteiger partial charge in [-0.1, -0.05) is 11.6 Å². The van der Waals surface area contributed by atoms with Crippen LogP contribution in [0.25, 0.3) is 10.8 Å². The van der Waals surface area contributed by atoms with Gasteiger partial charge in [0.1, 0.15) is 5.82 Å². The van der Waals surface area contributed by atoms with Gasteiger partial charge in [-0.25, -0.2) is 4.98 Å². The Kier molecular flexibility index (Phi) is 5.50. The van der Waals surface area contributed by atoms with Crippen LogP contribution >= 0.6 is 11.6 Å². The van der Waals surface area contributed by atoms with Crippen LogP contribution in [0.1, 0.15) is 19.8 Å². The van der Waals surface area contributed by atoms with Crippen LogP contribution in [0, 0.1) is 11.3 Å². The Bertz CT molecular complexity index is 1120. The van der Waals surface area contributed by atoms with E-state index in [9.17, 15) is 9.90 Å². The van der Waals surface area contributed by atoms with Gasteiger partial charge in [0.25, 0.3) is 0 Å². The molecule has 182 valence electrons. The highest BCUT2D eigenvalue weighted by molar-refractivity contribution is 6.34. The molecule has 34 heavy (non-hydrogen) atoms. The standard InChI is InChI=1S/C25H31ClN4O4/c1-24(14-34-13-21(24)31)30-5-3-29(4-6-30)20-9-16-10-22(27-12-17(16)8-19(20)26)28-23(32)18-11-25(18)2-7-33-15-25/h8-10,12,18,21,31H,2-7,11,13-15H2,1H3,(H,27,28,32)/t18-,21+,24-,25+/m1/s1. The number of pyridine rings is 1. The molecule has 9 heteroatoms. The zero-order valence-corrected chi connectivity index (χ0v) is 20.2. The number of rotatable bonds is 4. The van der Waals surface area contributed by atoms with Gasteiger partial charge in [-0.15, -0.1) is 0 Å². The van der Waals surface area contributed by atoms with Gasteiger partial charge in [-0.05, 0) is 43.4 Å². The fourth-order valence-corrected chi connectivity index (χ4v) is 6.16. The minimum absolute atomic E-state index is 0.0233. The van der Waals surface area contributed by atoms with Crippen LogP contribution in [0.2, 0.25) is 5.02 Å². The molecule has 1 aromatic carbocycles. The van der Waals surface area contributed by atoms with Crippen LogP contribution in [0.3, 0.4) is 0 Å². The van der Waals surface area contributed by atoms with Crippen molar-refractivity contribution in [1.29, 1.82) is 0 Å². The van der Waals surface area contributed by atoms with Crippen LogP contribution in [0.5, 0.6) is 0 Å². The van der Waals surface area contributed by atoms with E-state index < -0.39 is 6.10 Å². The Hall–Kier alpha value is -1.97. The Labute approximate surface area is 204 Å². The van der Waals surface area contributed by atoms with Crippen LogP contribution in [0.4, 0.5) is 11.5 Å². The summed E-state index contributed by atoms with van der Waals surface area (Å²) in [5, 5.41) is 16.0. The van der Waals surface area contributed by atoms with Crippen molar-refractivity contribution in [2.75, 3.05) is 62.8 Å². The number of halogens is 1. The molecule has 1 aromatic heterocycles. The molecule has 0 unspecified atom stereocenters. The monoisotopic (exact) mass is 486 g/mol. The van der Waals surface area contributed by atoms with Gasteiger partial charge in [0, 0.05) is 55.7 Å². The quantitative estimate of drug-likeness (QED) is 0.686. The average Bonchev–Trinajstić information content (AvgIpc) is 3.14. The number of nitrogens with zero attached hydrogens (tertiary/aromatic N) is 3. The molecule has 2 aromatic rings. The van der Waals surface area contributed by atoms with E-state index in [1.165, 1.54) is 0 Å². The molecule has 4 aliphatic rings. The highest BCUT2D eigenvalue weighted by Gasteiger charge is 2.59. The molecule has 2 N–H and O–H groups in total. The molecule has 1 amide bonds. The molecule has 8 nitrogen and oxygen atoms in total. The van der Waals surface area contributed by atoms with Gasteiger partial charge >= 0.3 is 0 Å². The maximum absolute atomic E-state index is 12.8. The fraction of sp³-hybridized carbons (Fsp3) is 0.600. The summed E-state index contributed by atoms with van der Waals surface area (Å²) >= 11 is 6.67. The summed E-state index contributed by atoms with van der Waals surface area (Å²) in [6.07, 6.45) is 3.18. The van der Waals surface area contributed by atoms with Crippen LogP contribution in [-0.2, 0) is 14.3 Å². The molecule has 1 spiro atoms. The molecule has 0 bridgehead atoms. The Balaban J connectivity index is 1.16. The molecule has 4 fully saturated rings. The first kappa shape index (κ1) is 22.5. The van der Waals surface area contributed by atoms with Crippen LogP contribution in [0.15, 0.2) is 24.4 Å². The third-order valence-electron chi connectivity index (χ3n) is 8.41. The number of ether oxygens (including phenoxy) is 2. The zero-order valence-electron chi connectivity index (χ0n) is 19.4. The number of carbonyl (C=O) groups is 1. The maximum atomic E-state index is 12.8. The number of aromatic nitrogens is 1. The summed E-state index contributed by atoms with van der Waals surface area (Å²) in [5.41, 5.74) is 0.708. The summed E-state index contributed by atoms with van der Waals surface area (Å²) < 4.78 is 11.0. The van der Waals surface area contributed by atoms with Crippen molar-refractivity contribution in [1.82, 2.24) is 9.88 Å². The summed E-state index contributed by atoms with van der Waals surface area (Å²) in [7, 11) is 0. The molecule has 6 rings (SSSR count). The fourth-order valence-electron chi connectivity index (χ4n) is 5.87. The number of aliphatic hydroxyl groups is 1. The zero-order chi connectivity index (χ0) is 23.5. The Morgan fingerprint density at radius 1 is 1.18 bits per heavy atom. The summed E-state index contributed by atoms with van der Waals surface area (Å²) in [6, 6.07) is 5.96. The highest BCUT2D eigenvalue weighted by atomic mass is 35.5. The van der Waals surface area contributed by atoms with Crippen molar-refractivity contribution in [3.05, 3.63) is 29.4 Å². The molecular weight excluding hydrogens is 456 g/mol. The smallest absolute Gasteiger partial charge is 0.229 e. The molecule has 3 aliphatic heterocycles. The van der Waals surface area contributed by atoms with Crippen molar-refractivity contribution >= 4 is 39.8 Å². The first-order chi connectivity index (χ1) is 16.4. The largest absolute Gasteiger partial charge is 0.389 e. The van der Waals surface area contributed by atoms with E-state index in [0.717, 1.165) is 62.1 Å². The lowest BCUT2D eigenvalue weighted by atomic mass is 9.95. The lowest BCUT2D eigenvalue weighted by molar-refractivity contribution is -0.118. The van der Waals surface area contributed by atoms with Crippen LogP contribution < -0.4 is 10.2 Å². The first-order valence-electron chi connectivity index (χ1n) is 12.1. The van der Waals surface area contributed by atoms with Crippen LogP contribution in [-0.4, -0.2) is 85.1 Å². The third-order valence-corrected chi connectivity index (χ3v) is 8.71. The summed E-state index contributed by atoms with van der Waals surface area (Å²) in [5.74, 6) is 0.629. The van der Waals surface area contributed by atoms with E-state index in [2.05, 4.69) is 33.1 Å². The minimum atomic E-state index is -0.462. The highest BCUT2D eigenvalue weighted by Crippen LogP contribution is 2.58. The van der Waals surface area contributed by atoms with Gasteiger partial charge in [-0.2, -0.15) is 0 Å². The molecule has 0 radical (unpaired) electrons. The molecule has 4 heterocycles. The number of nitrogens with one attached hydrogen (secondary N) is 1. The number of aliphatic hydroxyl groups excluding tert-OH is 1. The van der Waals surface area contributed by atoms with E-state index in [0.29, 0.717) is 30.7 Å². The molecule has 4 atom stereocenters. The van der Waals surface area contributed by atoms with E-state index in [1.807, 2.05) is 12.1 Å². The van der Waals surface area contributed by atoms with Crippen molar-refractivity contribution in [2.45, 2.75) is 31.4 Å². The number of piperazine rings is 1. The number of fused-ring (bicyclic) bond motifs is 1. The lowest BCUT2D eigenvalue weighted by Crippen LogP contribution is -2.60. The number of hydrogen-bond acceptors (Lipinski definition) is 7. The number of benzene rings is 1. The first-order valence-corrected chi connectivity index (χ1v) is 12.5. The predicted molar refractivity (Wildman–Crippen MR) is 130 cm³/mol. The molecule has 3 saturated heterocycles. The molecule has 1 saturated carbocycles. The second kappa shape index (κ2) is 8.31. The number of carbonyl (C=O) groups excluding carboxylic acids is 1. The number of hydrogen-bond donors (Lipinski definition) is 2. The third kappa shape index (κ3) is 3.76. The van der Waals surface area contributed by atoms with Gasteiger partial charge in [-0.3, -0.25) is 9.69 Å². The number of anilines is 2. The van der Waals surface area contributed by atoms with Gasteiger partial charge in [0.2, 0.25) is 5.91 Å². The molecular formula is C25H31ClN4O4. The topological polar surface area (TPSA) is 87.2 Å². The lowest BCUT2D eigenvalue weighted by Gasteiger charge is -2.45. The Morgan fingerprint density at radius 2 is 2.00 bits per heavy atom. The van der Waals surface area contributed by atoms with Crippen molar-refractivity contribution in [2.24, 2.45) is 11.3 Å². The number of amides is 1. The van der Waals surface area contributed by atoms with Crippen molar-refractivity contribution in [3.63, 3.8) is 0 Å². The minimum Gasteiger partial charge on any atom is -0.389 e. The van der Waals surface area contributed by atoms with Crippen molar-refractivity contribution < 1.29 is 19.4 Å². The van der Waals surface area contributed by atoms with Crippen molar-refractivity contribution in [3.8, 4) is 0 Å². The van der Waals surface area contributed by atoms with E-state index in [1.54, 1.807) is 6.20 Å². The normalized spacial score (nSPS) is 33.7. The van der Waals surface area contributed by atoms with Gasteiger partial charge in [0.15, 0.2) is 0 Å². The summed E-state index contributed by atoms with van der Waals surface area (Å²) in [4.78, 5) is 21.8. The SMILES string of the molecule is C[C@@]1(N2CCN(c3cc4cc(NC(=O)[C@H]5C[C@]56CCOC6)ncc4cc3Cl)CC2)COC[C@@H]1O. The predicted octanol–water partition coefficient (Wildman–Crippen LogP) is 2.53. The second-order valence-corrected chi connectivity index (χ2v) is 10.9. The summed E-state index contributed by atoms with van der Waals surface area (Å²) in [6.45, 7) is 7.76. The maximum Gasteiger partial charge on any atom is 0.229 e. The van der Waals surface area contributed by atoms with E-state index in [4.69, 9.17) is 21.1 Å².